The van der Waals surface area contributed by atoms with Crippen LogP contribution in [-0.2, 0) is 6.54 Å². The molecular weight excluding hydrogens is 176 g/mol. The van der Waals surface area contributed by atoms with Gasteiger partial charge < -0.3 is 0 Å². The van der Waals surface area contributed by atoms with Crippen molar-refractivity contribution in [3.05, 3.63) is 27.9 Å². The van der Waals surface area contributed by atoms with E-state index in [9.17, 15) is 4.79 Å². The number of hydrogen-bond acceptors (Lipinski definition) is 2. The zero-order valence-corrected chi connectivity index (χ0v) is 8.79. The first-order chi connectivity index (χ1) is 6.66. The zero-order chi connectivity index (χ0) is 10.1. The fourth-order valence-corrected chi connectivity index (χ4v) is 1.92. The Morgan fingerprint density at radius 3 is 2.71 bits per heavy atom. The molecule has 76 valence electrons. The van der Waals surface area contributed by atoms with Crippen LogP contribution in [-0.4, -0.2) is 9.55 Å². The van der Waals surface area contributed by atoms with E-state index in [2.05, 4.69) is 4.98 Å². The molecule has 0 saturated heterocycles. The second kappa shape index (κ2) is 3.56. The Kier molecular flexibility index (Phi) is 2.40. The van der Waals surface area contributed by atoms with Gasteiger partial charge in [0.15, 0.2) is 0 Å². The lowest BCUT2D eigenvalue weighted by atomic mass is 9.85. The Morgan fingerprint density at radius 2 is 2.21 bits per heavy atom. The zero-order valence-electron chi connectivity index (χ0n) is 8.79. The van der Waals surface area contributed by atoms with Gasteiger partial charge in [-0.2, -0.15) is 0 Å². The number of rotatable bonds is 2. The second-order valence-electron chi connectivity index (χ2n) is 4.19. The Hall–Kier alpha value is -1.12. The van der Waals surface area contributed by atoms with Crippen LogP contribution in [0.1, 0.15) is 30.8 Å². The molecule has 0 N–H and O–H groups in total. The largest absolute Gasteiger partial charge is 0.297 e. The quantitative estimate of drug-likeness (QED) is 0.714. The van der Waals surface area contributed by atoms with Gasteiger partial charge in [-0.05, 0) is 32.6 Å². The van der Waals surface area contributed by atoms with Crippen LogP contribution in [0.25, 0.3) is 0 Å². The molecule has 14 heavy (non-hydrogen) atoms. The highest BCUT2D eigenvalue weighted by Gasteiger charge is 2.19. The van der Waals surface area contributed by atoms with E-state index in [1.807, 2.05) is 13.8 Å². The summed E-state index contributed by atoms with van der Waals surface area (Å²) in [6, 6.07) is 1.62. The van der Waals surface area contributed by atoms with Crippen LogP contribution in [0.3, 0.4) is 0 Å². The van der Waals surface area contributed by atoms with Crippen molar-refractivity contribution in [2.24, 2.45) is 5.92 Å². The highest BCUT2D eigenvalue weighted by atomic mass is 16.1. The molecular formula is C11H16N2O. The van der Waals surface area contributed by atoms with Gasteiger partial charge in [0.05, 0.1) is 0 Å². The molecule has 0 aromatic carbocycles. The van der Waals surface area contributed by atoms with Crippen molar-refractivity contribution in [1.29, 1.82) is 0 Å². The van der Waals surface area contributed by atoms with Gasteiger partial charge in [0.1, 0.15) is 5.82 Å². The van der Waals surface area contributed by atoms with Gasteiger partial charge in [-0.25, -0.2) is 4.98 Å². The average molecular weight is 192 g/mol. The standard InChI is InChI=1S/C11H16N2O/c1-8-6-11(14)13(9(2)12-8)7-10-4-3-5-10/h6,10H,3-5,7H2,1-2H3. The predicted octanol–water partition coefficient (Wildman–Crippen LogP) is 1.66. The van der Waals surface area contributed by atoms with Crippen molar-refractivity contribution < 1.29 is 0 Å². The number of hydrogen-bond donors (Lipinski definition) is 0. The summed E-state index contributed by atoms with van der Waals surface area (Å²) in [6.07, 6.45) is 3.84. The van der Waals surface area contributed by atoms with E-state index >= 15 is 0 Å². The Labute approximate surface area is 83.8 Å². The first kappa shape index (κ1) is 9.44. The Bertz CT molecular complexity index is 391. The number of nitrogens with zero attached hydrogens (tertiary/aromatic N) is 2. The maximum Gasteiger partial charge on any atom is 0.253 e. The molecule has 0 spiro atoms. The first-order valence-electron chi connectivity index (χ1n) is 5.22. The van der Waals surface area contributed by atoms with E-state index in [0.717, 1.165) is 18.1 Å². The van der Waals surface area contributed by atoms with Gasteiger partial charge in [-0.15, -0.1) is 0 Å². The molecule has 0 radical (unpaired) electrons. The molecule has 0 atom stereocenters. The third kappa shape index (κ3) is 1.72. The minimum Gasteiger partial charge on any atom is -0.297 e. The van der Waals surface area contributed by atoms with Gasteiger partial charge >= 0.3 is 0 Å². The molecule has 1 fully saturated rings. The fourth-order valence-electron chi connectivity index (χ4n) is 1.92. The number of aryl methyl sites for hydroxylation is 2. The average Bonchev–Trinajstić information content (AvgIpc) is 1.98. The van der Waals surface area contributed by atoms with Crippen LogP contribution in [0, 0.1) is 19.8 Å². The maximum atomic E-state index is 11.7. The molecule has 1 heterocycles. The SMILES string of the molecule is Cc1cc(=O)n(CC2CCC2)c(C)n1. The van der Waals surface area contributed by atoms with Crippen LogP contribution in [0.4, 0.5) is 0 Å². The molecule has 0 bridgehead atoms. The van der Waals surface area contributed by atoms with E-state index in [-0.39, 0.29) is 5.56 Å². The lowest BCUT2D eigenvalue weighted by Gasteiger charge is -2.26. The summed E-state index contributed by atoms with van der Waals surface area (Å²) in [5, 5.41) is 0. The summed E-state index contributed by atoms with van der Waals surface area (Å²) in [5.41, 5.74) is 0.916. The predicted molar refractivity (Wildman–Crippen MR) is 55.3 cm³/mol. The van der Waals surface area contributed by atoms with E-state index in [4.69, 9.17) is 0 Å². The van der Waals surface area contributed by atoms with Crippen molar-refractivity contribution >= 4 is 0 Å². The van der Waals surface area contributed by atoms with Crippen LogP contribution in [0.5, 0.6) is 0 Å². The first-order valence-corrected chi connectivity index (χ1v) is 5.22. The summed E-state index contributed by atoms with van der Waals surface area (Å²) in [4.78, 5) is 16.0. The van der Waals surface area contributed by atoms with Crippen molar-refractivity contribution in [3.8, 4) is 0 Å². The maximum absolute atomic E-state index is 11.7. The molecule has 0 unspecified atom stereocenters. The van der Waals surface area contributed by atoms with Gasteiger partial charge in [0, 0.05) is 18.3 Å². The summed E-state index contributed by atoms with van der Waals surface area (Å²) in [7, 11) is 0. The summed E-state index contributed by atoms with van der Waals surface area (Å²) in [6.45, 7) is 4.63. The molecule has 1 aliphatic carbocycles. The minimum atomic E-state index is 0.0990. The monoisotopic (exact) mass is 192 g/mol. The van der Waals surface area contributed by atoms with E-state index in [0.29, 0.717) is 5.92 Å². The lowest BCUT2D eigenvalue weighted by Crippen LogP contribution is -2.29. The van der Waals surface area contributed by atoms with Crippen molar-refractivity contribution in [2.45, 2.75) is 39.7 Å². The molecule has 1 aliphatic rings. The highest BCUT2D eigenvalue weighted by Crippen LogP contribution is 2.27. The molecule has 1 saturated carbocycles. The third-order valence-electron chi connectivity index (χ3n) is 2.99. The van der Waals surface area contributed by atoms with Crippen LogP contribution >= 0.6 is 0 Å². The molecule has 1 aromatic heterocycles. The van der Waals surface area contributed by atoms with E-state index < -0.39 is 0 Å². The second-order valence-corrected chi connectivity index (χ2v) is 4.19. The fraction of sp³-hybridized carbons (Fsp3) is 0.636. The lowest BCUT2D eigenvalue weighted by molar-refractivity contribution is 0.270. The smallest absolute Gasteiger partial charge is 0.253 e. The van der Waals surface area contributed by atoms with E-state index in [1.165, 1.54) is 19.3 Å². The summed E-state index contributed by atoms with van der Waals surface area (Å²) in [5.74, 6) is 1.55. The Balaban J connectivity index is 2.27. The summed E-state index contributed by atoms with van der Waals surface area (Å²) >= 11 is 0. The molecule has 2 rings (SSSR count). The van der Waals surface area contributed by atoms with Crippen molar-refractivity contribution in [1.82, 2.24) is 9.55 Å². The minimum absolute atomic E-state index is 0.0990. The van der Waals surface area contributed by atoms with Gasteiger partial charge in [0.2, 0.25) is 0 Å². The van der Waals surface area contributed by atoms with Crippen molar-refractivity contribution in [2.75, 3.05) is 0 Å². The summed E-state index contributed by atoms with van der Waals surface area (Å²) < 4.78 is 1.80. The highest BCUT2D eigenvalue weighted by molar-refractivity contribution is 5.01. The van der Waals surface area contributed by atoms with Gasteiger partial charge in [-0.3, -0.25) is 9.36 Å². The van der Waals surface area contributed by atoms with Crippen molar-refractivity contribution in [3.63, 3.8) is 0 Å². The normalized spacial score (nSPS) is 16.7. The van der Waals surface area contributed by atoms with Gasteiger partial charge in [0.25, 0.3) is 5.56 Å². The van der Waals surface area contributed by atoms with Gasteiger partial charge in [-0.1, -0.05) is 6.42 Å². The van der Waals surface area contributed by atoms with Crippen LogP contribution in [0.15, 0.2) is 10.9 Å². The van der Waals surface area contributed by atoms with Crippen LogP contribution in [0.2, 0.25) is 0 Å². The molecule has 0 aliphatic heterocycles. The Morgan fingerprint density at radius 1 is 1.50 bits per heavy atom. The molecule has 3 heteroatoms. The number of aromatic nitrogens is 2. The van der Waals surface area contributed by atoms with E-state index in [1.54, 1.807) is 10.6 Å². The molecule has 3 nitrogen and oxygen atoms in total. The molecule has 1 aromatic rings. The van der Waals surface area contributed by atoms with Crippen LogP contribution < -0.4 is 5.56 Å². The molecule has 0 amide bonds. The third-order valence-corrected chi connectivity index (χ3v) is 2.99. The topological polar surface area (TPSA) is 34.9 Å².